The Morgan fingerprint density at radius 2 is 1.96 bits per heavy atom. The van der Waals surface area contributed by atoms with Crippen molar-refractivity contribution in [3.63, 3.8) is 0 Å². The molecular formula is C21H36N2O5. The van der Waals surface area contributed by atoms with E-state index in [1.807, 2.05) is 32.0 Å². The average molecular weight is 397 g/mol. The summed E-state index contributed by atoms with van der Waals surface area (Å²) in [7, 11) is 1.62. The van der Waals surface area contributed by atoms with Crippen LogP contribution in [-0.2, 0) is 11.3 Å². The molecule has 1 atom stereocenters. The maximum Gasteiger partial charge on any atom is 0.161 e. The Kier molecular flexibility index (Phi) is 10.0. The fourth-order valence-corrected chi connectivity index (χ4v) is 3.18. The molecular weight excluding hydrogens is 360 g/mol. The highest BCUT2D eigenvalue weighted by Crippen LogP contribution is 2.28. The van der Waals surface area contributed by atoms with Crippen LogP contribution in [0.5, 0.6) is 11.5 Å². The third-order valence-corrected chi connectivity index (χ3v) is 4.74. The fourth-order valence-electron chi connectivity index (χ4n) is 3.18. The third-order valence-electron chi connectivity index (χ3n) is 4.74. The number of hydrogen-bond donors (Lipinski definition) is 3. The molecule has 7 heteroatoms. The lowest BCUT2D eigenvalue weighted by Gasteiger charge is -2.30. The number of piperidine rings is 1. The first-order chi connectivity index (χ1) is 13.5. The van der Waals surface area contributed by atoms with Crippen LogP contribution in [0.1, 0.15) is 32.3 Å². The summed E-state index contributed by atoms with van der Waals surface area (Å²) in [5.41, 5.74) is 1.10. The fraction of sp³-hybridized carbons (Fsp3) is 0.714. The van der Waals surface area contributed by atoms with Crippen LogP contribution >= 0.6 is 0 Å². The molecule has 2 rings (SSSR count). The summed E-state index contributed by atoms with van der Waals surface area (Å²) in [4.78, 5) is 2.16. The van der Waals surface area contributed by atoms with Gasteiger partial charge >= 0.3 is 0 Å². The average Bonchev–Trinajstić information content (AvgIpc) is 2.68. The number of rotatable bonds is 12. The lowest BCUT2D eigenvalue weighted by atomic mass is 10.1. The standard InChI is InChI=1S/C21H36N2O5/c1-16(2)27-11-8-22-13-17-4-5-20(21(12-17)26-3)28-15-19(25)14-23-9-6-18(24)7-10-23/h4-5,12,16,18-19,22,24-25H,6-11,13-15H2,1-3H3. The number of aliphatic hydroxyl groups is 2. The van der Waals surface area contributed by atoms with Gasteiger partial charge in [-0.05, 0) is 44.4 Å². The molecule has 0 radical (unpaired) electrons. The molecule has 0 amide bonds. The largest absolute Gasteiger partial charge is 0.493 e. The van der Waals surface area contributed by atoms with E-state index in [1.54, 1.807) is 7.11 Å². The Bertz CT molecular complexity index is 562. The van der Waals surface area contributed by atoms with Crippen molar-refractivity contribution < 1.29 is 24.4 Å². The van der Waals surface area contributed by atoms with Crippen molar-refractivity contribution in [3.05, 3.63) is 23.8 Å². The van der Waals surface area contributed by atoms with Crippen LogP contribution < -0.4 is 14.8 Å². The number of nitrogens with one attached hydrogen (secondary N) is 1. The Hall–Kier alpha value is -1.38. The van der Waals surface area contributed by atoms with E-state index in [0.717, 1.165) is 44.6 Å². The first-order valence-corrected chi connectivity index (χ1v) is 10.2. The molecule has 1 aromatic carbocycles. The van der Waals surface area contributed by atoms with Crippen LogP contribution in [0.2, 0.25) is 0 Å². The second-order valence-corrected chi connectivity index (χ2v) is 7.58. The van der Waals surface area contributed by atoms with Crippen molar-refractivity contribution in [3.8, 4) is 11.5 Å². The number of β-amino-alcohol motifs (C(OH)–C–C–N with tert-alkyl or cyclic N) is 1. The third kappa shape index (κ3) is 8.32. The summed E-state index contributed by atoms with van der Waals surface area (Å²) >= 11 is 0. The molecule has 1 fully saturated rings. The predicted molar refractivity (Wildman–Crippen MR) is 109 cm³/mol. The van der Waals surface area contributed by atoms with Gasteiger partial charge in [0.1, 0.15) is 12.7 Å². The van der Waals surface area contributed by atoms with Gasteiger partial charge in [-0.1, -0.05) is 6.07 Å². The van der Waals surface area contributed by atoms with Gasteiger partial charge in [-0.2, -0.15) is 0 Å². The van der Waals surface area contributed by atoms with E-state index in [0.29, 0.717) is 24.7 Å². The van der Waals surface area contributed by atoms with Gasteiger partial charge in [-0.25, -0.2) is 0 Å². The van der Waals surface area contributed by atoms with Crippen molar-refractivity contribution in [2.45, 2.75) is 51.5 Å². The summed E-state index contributed by atoms with van der Waals surface area (Å²) in [5, 5.41) is 23.2. The normalized spacial score (nSPS) is 17.1. The van der Waals surface area contributed by atoms with Gasteiger partial charge in [0, 0.05) is 32.7 Å². The molecule has 1 aliphatic heterocycles. The SMILES string of the molecule is COc1cc(CNCCOC(C)C)ccc1OCC(O)CN1CCC(O)CC1. The summed E-state index contributed by atoms with van der Waals surface area (Å²) in [6.45, 7) is 8.63. The van der Waals surface area contributed by atoms with Crippen molar-refractivity contribution >= 4 is 0 Å². The quantitative estimate of drug-likeness (QED) is 0.461. The van der Waals surface area contributed by atoms with E-state index >= 15 is 0 Å². The molecule has 1 unspecified atom stereocenters. The Morgan fingerprint density at radius 3 is 2.64 bits per heavy atom. The molecule has 1 heterocycles. The molecule has 1 saturated heterocycles. The molecule has 3 N–H and O–H groups in total. The molecule has 0 saturated carbocycles. The maximum atomic E-state index is 10.3. The molecule has 0 aromatic heterocycles. The van der Waals surface area contributed by atoms with Gasteiger partial charge < -0.3 is 34.6 Å². The molecule has 0 aliphatic carbocycles. The van der Waals surface area contributed by atoms with Crippen LogP contribution in [0.4, 0.5) is 0 Å². The highest BCUT2D eigenvalue weighted by molar-refractivity contribution is 5.43. The maximum absolute atomic E-state index is 10.3. The molecule has 0 spiro atoms. The van der Waals surface area contributed by atoms with Gasteiger partial charge in [-0.15, -0.1) is 0 Å². The van der Waals surface area contributed by atoms with Crippen molar-refractivity contribution in [2.24, 2.45) is 0 Å². The second-order valence-electron chi connectivity index (χ2n) is 7.58. The number of likely N-dealkylation sites (tertiary alicyclic amines) is 1. The van der Waals surface area contributed by atoms with Crippen LogP contribution in [0.15, 0.2) is 18.2 Å². The predicted octanol–water partition coefficient (Wildman–Crippen LogP) is 1.41. The lowest BCUT2D eigenvalue weighted by Crippen LogP contribution is -2.41. The van der Waals surface area contributed by atoms with Crippen molar-refractivity contribution in [1.29, 1.82) is 0 Å². The molecule has 160 valence electrons. The number of methoxy groups -OCH3 is 1. The smallest absolute Gasteiger partial charge is 0.161 e. The van der Waals surface area contributed by atoms with E-state index in [9.17, 15) is 10.2 Å². The number of nitrogens with zero attached hydrogens (tertiary/aromatic N) is 1. The van der Waals surface area contributed by atoms with E-state index in [-0.39, 0.29) is 18.8 Å². The molecule has 1 aliphatic rings. The van der Waals surface area contributed by atoms with Crippen LogP contribution in [0.25, 0.3) is 0 Å². The zero-order valence-electron chi connectivity index (χ0n) is 17.4. The molecule has 7 nitrogen and oxygen atoms in total. The zero-order valence-corrected chi connectivity index (χ0v) is 17.4. The van der Waals surface area contributed by atoms with Crippen LogP contribution in [-0.4, -0.2) is 79.9 Å². The van der Waals surface area contributed by atoms with Gasteiger partial charge in [0.05, 0.1) is 25.9 Å². The van der Waals surface area contributed by atoms with Gasteiger partial charge in [-0.3, -0.25) is 0 Å². The minimum absolute atomic E-state index is 0.204. The summed E-state index contributed by atoms with van der Waals surface area (Å²) in [6.07, 6.45) is 0.989. The highest BCUT2D eigenvalue weighted by atomic mass is 16.5. The minimum atomic E-state index is -0.581. The molecule has 1 aromatic rings. The number of benzene rings is 1. The summed E-state index contributed by atoms with van der Waals surface area (Å²) in [6, 6.07) is 5.82. The Morgan fingerprint density at radius 1 is 1.21 bits per heavy atom. The van der Waals surface area contributed by atoms with Crippen LogP contribution in [0.3, 0.4) is 0 Å². The number of hydrogen-bond acceptors (Lipinski definition) is 7. The van der Waals surface area contributed by atoms with E-state index < -0.39 is 6.10 Å². The van der Waals surface area contributed by atoms with Crippen LogP contribution in [0, 0.1) is 0 Å². The number of aliphatic hydroxyl groups excluding tert-OH is 2. The molecule has 0 bridgehead atoms. The molecule has 28 heavy (non-hydrogen) atoms. The summed E-state index contributed by atoms with van der Waals surface area (Å²) < 4.78 is 16.7. The Balaban J connectivity index is 1.75. The monoisotopic (exact) mass is 396 g/mol. The van der Waals surface area contributed by atoms with Gasteiger partial charge in [0.2, 0.25) is 0 Å². The van der Waals surface area contributed by atoms with Crippen molar-refractivity contribution in [2.75, 3.05) is 46.5 Å². The van der Waals surface area contributed by atoms with E-state index in [1.165, 1.54) is 0 Å². The Labute approximate surface area is 168 Å². The van der Waals surface area contributed by atoms with Crippen molar-refractivity contribution in [1.82, 2.24) is 10.2 Å². The van der Waals surface area contributed by atoms with Gasteiger partial charge in [0.25, 0.3) is 0 Å². The van der Waals surface area contributed by atoms with E-state index in [2.05, 4.69) is 10.2 Å². The first kappa shape index (κ1) is 22.9. The lowest BCUT2D eigenvalue weighted by molar-refractivity contribution is 0.0333. The minimum Gasteiger partial charge on any atom is -0.493 e. The first-order valence-electron chi connectivity index (χ1n) is 10.2. The summed E-state index contributed by atoms with van der Waals surface area (Å²) in [5.74, 6) is 1.29. The van der Waals surface area contributed by atoms with Gasteiger partial charge in [0.15, 0.2) is 11.5 Å². The highest BCUT2D eigenvalue weighted by Gasteiger charge is 2.20. The zero-order chi connectivity index (χ0) is 20.4. The topological polar surface area (TPSA) is 83.4 Å². The van der Waals surface area contributed by atoms with E-state index in [4.69, 9.17) is 14.2 Å². The second kappa shape index (κ2) is 12.2. The number of ether oxygens (including phenoxy) is 3.